The molecule has 0 atom stereocenters. The highest BCUT2D eigenvalue weighted by Gasteiger charge is 2.00. The van der Waals surface area contributed by atoms with Crippen LogP contribution in [0.15, 0.2) is 35.8 Å². The van der Waals surface area contributed by atoms with E-state index in [1.54, 1.807) is 17.5 Å². The highest BCUT2D eigenvalue weighted by Crippen LogP contribution is 2.13. The molecular weight excluding hydrogens is 256 g/mol. The van der Waals surface area contributed by atoms with E-state index in [4.69, 9.17) is 4.74 Å². The first-order chi connectivity index (χ1) is 9.24. The summed E-state index contributed by atoms with van der Waals surface area (Å²) >= 11 is 1.77. The molecule has 0 bridgehead atoms. The molecule has 3 nitrogen and oxygen atoms in total. The Morgan fingerprint density at radius 2 is 2.26 bits per heavy atom. The van der Waals surface area contributed by atoms with Crippen LogP contribution in [0.2, 0.25) is 0 Å². The third-order valence-electron chi connectivity index (χ3n) is 2.68. The van der Waals surface area contributed by atoms with Gasteiger partial charge in [-0.15, -0.1) is 11.3 Å². The SMILES string of the molecule is CC(C)NCc1cc(OCCc2cccs2)ccn1. The third kappa shape index (κ3) is 5.01. The van der Waals surface area contributed by atoms with Crippen molar-refractivity contribution in [1.29, 1.82) is 0 Å². The van der Waals surface area contributed by atoms with Gasteiger partial charge >= 0.3 is 0 Å². The van der Waals surface area contributed by atoms with Crippen LogP contribution in [0.5, 0.6) is 5.75 Å². The highest BCUT2D eigenvalue weighted by molar-refractivity contribution is 7.09. The summed E-state index contributed by atoms with van der Waals surface area (Å²) < 4.78 is 5.77. The zero-order valence-corrected chi connectivity index (χ0v) is 12.2. The lowest BCUT2D eigenvalue weighted by atomic mass is 10.3. The third-order valence-corrected chi connectivity index (χ3v) is 3.61. The fourth-order valence-electron chi connectivity index (χ4n) is 1.68. The Hall–Kier alpha value is -1.39. The molecule has 4 heteroatoms. The van der Waals surface area contributed by atoms with Gasteiger partial charge in [0.25, 0.3) is 0 Å². The Morgan fingerprint density at radius 1 is 1.37 bits per heavy atom. The quantitative estimate of drug-likeness (QED) is 0.843. The second-order valence-electron chi connectivity index (χ2n) is 4.70. The molecule has 0 spiro atoms. The van der Waals surface area contributed by atoms with Crippen LogP contribution >= 0.6 is 11.3 Å². The summed E-state index contributed by atoms with van der Waals surface area (Å²) in [4.78, 5) is 5.69. The lowest BCUT2D eigenvalue weighted by Crippen LogP contribution is -2.22. The largest absolute Gasteiger partial charge is 0.493 e. The van der Waals surface area contributed by atoms with Crippen LogP contribution in [0.4, 0.5) is 0 Å². The van der Waals surface area contributed by atoms with Crippen molar-refractivity contribution in [2.45, 2.75) is 32.9 Å². The molecule has 0 aliphatic heterocycles. The number of hydrogen-bond acceptors (Lipinski definition) is 4. The van der Waals surface area contributed by atoms with Crippen LogP contribution in [-0.4, -0.2) is 17.6 Å². The van der Waals surface area contributed by atoms with Gasteiger partial charge in [-0.2, -0.15) is 0 Å². The monoisotopic (exact) mass is 276 g/mol. The first-order valence-electron chi connectivity index (χ1n) is 6.57. The Bertz CT molecular complexity index is 483. The van der Waals surface area contributed by atoms with Gasteiger partial charge < -0.3 is 10.1 Å². The van der Waals surface area contributed by atoms with Crippen molar-refractivity contribution in [1.82, 2.24) is 10.3 Å². The van der Waals surface area contributed by atoms with Crippen molar-refractivity contribution in [2.75, 3.05) is 6.61 Å². The Morgan fingerprint density at radius 3 is 3.00 bits per heavy atom. The number of thiophene rings is 1. The van der Waals surface area contributed by atoms with E-state index in [0.717, 1.165) is 24.4 Å². The van der Waals surface area contributed by atoms with Gasteiger partial charge in [-0.25, -0.2) is 0 Å². The molecule has 0 aliphatic rings. The molecule has 2 aromatic rings. The molecule has 0 saturated carbocycles. The average Bonchev–Trinajstić information content (AvgIpc) is 2.90. The molecule has 2 aromatic heterocycles. The van der Waals surface area contributed by atoms with E-state index >= 15 is 0 Å². The second-order valence-corrected chi connectivity index (χ2v) is 5.73. The zero-order valence-electron chi connectivity index (χ0n) is 11.4. The Balaban J connectivity index is 1.81. The van der Waals surface area contributed by atoms with Crippen LogP contribution in [0.25, 0.3) is 0 Å². The molecule has 2 rings (SSSR count). The minimum atomic E-state index is 0.463. The number of nitrogens with zero attached hydrogens (tertiary/aromatic N) is 1. The van der Waals surface area contributed by atoms with E-state index < -0.39 is 0 Å². The van der Waals surface area contributed by atoms with Crippen LogP contribution in [0.1, 0.15) is 24.4 Å². The molecule has 102 valence electrons. The summed E-state index contributed by atoms with van der Waals surface area (Å²) in [5.74, 6) is 0.895. The van der Waals surface area contributed by atoms with Crippen LogP contribution in [-0.2, 0) is 13.0 Å². The van der Waals surface area contributed by atoms with Crippen LogP contribution < -0.4 is 10.1 Å². The van der Waals surface area contributed by atoms with Crippen molar-refractivity contribution < 1.29 is 4.74 Å². The number of rotatable bonds is 7. The molecule has 19 heavy (non-hydrogen) atoms. The second kappa shape index (κ2) is 7.26. The number of aromatic nitrogens is 1. The van der Waals surface area contributed by atoms with Gasteiger partial charge in [0.05, 0.1) is 12.3 Å². The predicted octanol–water partition coefficient (Wildman–Crippen LogP) is 3.26. The summed E-state index contributed by atoms with van der Waals surface area (Å²) in [6.07, 6.45) is 2.76. The first kappa shape index (κ1) is 14.0. The first-order valence-corrected chi connectivity index (χ1v) is 7.45. The molecule has 0 radical (unpaired) electrons. The number of nitrogens with one attached hydrogen (secondary N) is 1. The maximum atomic E-state index is 5.77. The van der Waals surface area contributed by atoms with Crippen molar-refractivity contribution in [2.24, 2.45) is 0 Å². The molecular formula is C15H20N2OS. The van der Waals surface area contributed by atoms with E-state index in [-0.39, 0.29) is 0 Å². The summed E-state index contributed by atoms with van der Waals surface area (Å²) in [6, 6.07) is 8.59. The lowest BCUT2D eigenvalue weighted by molar-refractivity contribution is 0.322. The summed E-state index contributed by atoms with van der Waals surface area (Å²) in [7, 11) is 0. The van der Waals surface area contributed by atoms with Gasteiger partial charge in [0.1, 0.15) is 5.75 Å². The van der Waals surface area contributed by atoms with Crippen molar-refractivity contribution >= 4 is 11.3 Å². The smallest absolute Gasteiger partial charge is 0.122 e. The van der Waals surface area contributed by atoms with E-state index in [2.05, 4.69) is 41.7 Å². The molecule has 0 fully saturated rings. The summed E-state index contributed by atoms with van der Waals surface area (Å²) in [6.45, 7) is 5.74. The topological polar surface area (TPSA) is 34.1 Å². The fourth-order valence-corrected chi connectivity index (χ4v) is 2.37. The minimum absolute atomic E-state index is 0.463. The molecule has 0 unspecified atom stereocenters. The zero-order chi connectivity index (χ0) is 13.5. The molecule has 0 aliphatic carbocycles. The van der Waals surface area contributed by atoms with E-state index in [1.165, 1.54) is 4.88 Å². The standard InChI is InChI=1S/C15H20N2OS/c1-12(2)17-11-13-10-14(5-7-16-13)18-8-6-15-4-3-9-19-15/h3-5,7,9-10,12,17H,6,8,11H2,1-2H3. The Labute approximate surface area is 118 Å². The minimum Gasteiger partial charge on any atom is -0.493 e. The van der Waals surface area contributed by atoms with E-state index in [9.17, 15) is 0 Å². The summed E-state index contributed by atoms with van der Waals surface area (Å²) in [5, 5.41) is 5.45. The fraction of sp³-hybridized carbons (Fsp3) is 0.400. The van der Waals surface area contributed by atoms with Gasteiger partial charge in [-0.3, -0.25) is 4.98 Å². The number of pyridine rings is 1. The molecule has 1 N–H and O–H groups in total. The lowest BCUT2D eigenvalue weighted by Gasteiger charge is -2.09. The molecule has 2 heterocycles. The maximum absolute atomic E-state index is 5.77. The highest BCUT2D eigenvalue weighted by atomic mass is 32.1. The maximum Gasteiger partial charge on any atom is 0.122 e. The summed E-state index contributed by atoms with van der Waals surface area (Å²) in [5.41, 5.74) is 1.02. The number of hydrogen-bond donors (Lipinski definition) is 1. The van der Waals surface area contributed by atoms with Gasteiger partial charge in [0.2, 0.25) is 0 Å². The Kier molecular flexibility index (Phi) is 5.36. The van der Waals surface area contributed by atoms with Crippen molar-refractivity contribution in [3.8, 4) is 5.75 Å². The van der Waals surface area contributed by atoms with Crippen molar-refractivity contribution in [3.63, 3.8) is 0 Å². The van der Waals surface area contributed by atoms with Crippen molar-refractivity contribution in [3.05, 3.63) is 46.4 Å². The van der Waals surface area contributed by atoms with Crippen LogP contribution in [0, 0.1) is 0 Å². The number of ether oxygens (including phenoxy) is 1. The van der Waals surface area contributed by atoms with Gasteiger partial charge in [0.15, 0.2) is 0 Å². The van der Waals surface area contributed by atoms with Gasteiger partial charge in [-0.05, 0) is 17.5 Å². The average molecular weight is 276 g/mol. The molecule has 0 saturated heterocycles. The predicted molar refractivity (Wildman–Crippen MR) is 79.7 cm³/mol. The van der Waals surface area contributed by atoms with Gasteiger partial charge in [0, 0.05) is 36.1 Å². The molecule has 0 amide bonds. The van der Waals surface area contributed by atoms with Crippen LogP contribution in [0.3, 0.4) is 0 Å². The van der Waals surface area contributed by atoms with E-state index in [0.29, 0.717) is 12.6 Å². The van der Waals surface area contributed by atoms with Gasteiger partial charge in [-0.1, -0.05) is 19.9 Å². The van der Waals surface area contributed by atoms with E-state index in [1.807, 2.05) is 12.1 Å². The normalized spacial score (nSPS) is 10.9. The molecule has 0 aromatic carbocycles.